The number of hydrogen-bond acceptors (Lipinski definition) is 5. The van der Waals surface area contributed by atoms with Crippen LogP contribution in [-0.2, 0) is 16.6 Å². The van der Waals surface area contributed by atoms with Crippen molar-refractivity contribution in [2.75, 3.05) is 11.1 Å². The summed E-state index contributed by atoms with van der Waals surface area (Å²) in [6, 6.07) is 6.41. The van der Waals surface area contributed by atoms with Gasteiger partial charge in [0.05, 0.1) is 16.3 Å². The van der Waals surface area contributed by atoms with Crippen molar-refractivity contribution >= 4 is 32.7 Å². The third-order valence-electron chi connectivity index (χ3n) is 2.76. The molecular weight excluding hydrogens is 282 g/mol. The lowest BCUT2D eigenvalue weighted by molar-refractivity contribution is 0.598. The summed E-state index contributed by atoms with van der Waals surface area (Å²) in [5.41, 5.74) is 8.07. The highest BCUT2D eigenvalue weighted by Crippen LogP contribution is 2.24. The molecule has 0 amide bonds. The van der Waals surface area contributed by atoms with Gasteiger partial charge in [0, 0.05) is 11.4 Å². The zero-order valence-electron chi connectivity index (χ0n) is 10.4. The number of primary sulfonamides is 1. The third kappa shape index (κ3) is 3.25. The Labute approximate surface area is 116 Å². The monoisotopic (exact) mass is 297 g/mol. The molecule has 1 aromatic carbocycles. The molecule has 0 aliphatic heterocycles. The molecule has 1 heterocycles. The minimum Gasteiger partial charge on any atom is -0.397 e. The SMILES string of the molecule is Cc1ccsc1CNc1cc(S(N)(=O)=O)ccc1N. The average molecular weight is 297 g/mol. The Bertz CT molecular complexity index is 693. The minimum absolute atomic E-state index is 0.0482. The van der Waals surface area contributed by atoms with Gasteiger partial charge in [0.25, 0.3) is 0 Å². The summed E-state index contributed by atoms with van der Waals surface area (Å²) in [5.74, 6) is 0. The fraction of sp³-hybridized carbons (Fsp3) is 0.167. The van der Waals surface area contributed by atoms with E-state index in [1.807, 2.05) is 18.4 Å². The summed E-state index contributed by atoms with van der Waals surface area (Å²) in [5, 5.41) is 10.2. The molecule has 0 spiro atoms. The number of nitrogens with one attached hydrogen (secondary N) is 1. The number of rotatable bonds is 4. The average Bonchev–Trinajstić information content (AvgIpc) is 2.72. The third-order valence-corrected chi connectivity index (χ3v) is 4.69. The maximum absolute atomic E-state index is 11.3. The van der Waals surface area contributed by atoms with Crippen molar-refractivity contribution in [2.45, 2.75) is 18.4 Å². The molecule has 102 valence electrons. The maximum atomic E-state index is 11.3. The van der Waals surface area contributed by atoms with E-state index in [2.05, 4.69) is 5.32 Å². The second-order valence-electron chi connectivity index (χ2n) is 4.17. The van der Waals surface area contributed by atoms with Crippen LogP contribution >= 0.6 is 11.3 Å². The van der Waals surface area contributed by atoms with E-state index in [1.54, 1.807) is 11.3 Å². The first kappa shape index (κ1) is 13.9. The van der Waals surface area contributed by atoms with Crippen molar-refractivity contribution in [3.63, 3.8) is 0 Å². The molecule has 2 rings (SSSR count). The van der Waals surface area contributed by atoms with E-state index in [-0.39, 0.29) is 4.90 Å². The molecule has 2 aromatic rings. The molecule has 0 atom stereocenters. The molecule has 1 aromatic heterocycles. The fourth-order valence-electron chi connectivity index (χ4n) is 1.63. The van der Waals surface area contributed by atoms with Gasteiger partial charge in [0.15, 0.2) is 0 Å². The standard InChI is InChI=1S/C12H15N3O2S2/c1-8-4-5-18-12(8)7-15-11-6-9(19(14,16)17)2-3-10(11)13/h2-6,15H,7,13H2,1H3,(H2,14,16,17). The minimum atomic E-state index is -3.72. The van der Waals surface area contributed by atoms with Gasteiger partial charge < -0.3 is 11.1 Å². The van der Waals surface area contributed by atoms with Crippen molar-refractivity contribution in [1.29, 1.82) is 0 Å². The van der Waals surface area contributed by atoms with Crippen LogP contribution in [0, 0.1) is 6.92 Å². The molecule has 0 aliphatic rings. The number of hydrogen-bond donors (Lipinski definition) is 3. The number of anilines is 2. The van der Waals surface area contributed by atoms with E-state index in [1.165, 1.54) is 28.6 Å². The summed E-state index contributed by atoms with van der Waals surface area (Å²) in [4.78, 5) is 1.23. The number of aryl methyl sites for hydroxylation is 1. The van der Waals surface area contributed by atoms with Crippen LogP contribution < -0.4 is 16.2 Å². The molecule has 0 unspecified atom stereocenters. The van der Waals surface area contributed by atoms with E-state index < -0.39 is 10.0 Å². The topological polar surface area (TPSA) is 98.2 Å². The van der Waals surface area contributed by atoms with Gasteiger partial charge >= 0.3 is 0 Å². The zero-order valence-corrected chi connectivity index (χ0v) is 12.0. The van der Waals surface area contributed by atoms with Crippen LogP contribution in [-0.4, -0.2) is 8.42 Å². The lowest BCUT2D eigenvalue weighted by atomic mass is 10.2. The zero-order chi connectivity index (χ0) is 14.0. The van der Waals surface area contributed by atoms with Crippen molar-refractivity contribution in [3.05, 3.63) is 40.1 Å². The Morgan fingerprint density at radius 2 is 2.05 bits per heavy atom. The summed E-state index contributed by atoms with van der Waals surface area (Å²) < 4.78 is 22.6. The maximum Gasteiger partial charge on any atom is 0.238 e. The molecule has 0 fully saturated rings. The van der Waals surface area contributed by atoms with E-state index in [4.69, 9.17) is 10.9 Å². The van der Waals surface area contributed by atoms with E-state index in [9.17, 15) is 8.42 Å². The largest absolute Gasteiger partial charge is 0.397 e. The van der Waals surface area contributed by atoms with E-state index in [0.29, 0.717) is 17.9 Å². The number of nitrogens with two attached hydrogens (primary N) is 2. The van der Waals surface area contributed by atoms with Gasteiger partial charge in [-0.2, -0.15) is 0 Å². The van der Waals surface area contributed by atoms with Crippen LogP contribution in [0.4, 0.5) is 11.4 Å². The molecule has 0 radical (unpaired) electrons. The van der Waals surface area contributed by atoms with Gasteiger partial charge in [0.1, 0.15) is 0 Å². The van der Waals surface area contributed by atoms with Crippen LogP contribution in [0.15, 0.2) is 34.5 Å². The van der Waals surface area contributed by atoms with Gasteiger partial charge in [-0.25, -0.2) is 13.6 Å². The molecule has 0 bridgehead atoms. The van der Waals surface area contributed by atoms with Gasteiger partial charge in [-0.15, -0.1) is 11.3 Å². The van der Waals surface area contributed by atoms with Gasteiger partial charge in [-0.1, -0.05) is 0 Å². The van der Waals surface area contributed by atoms with Crippen molar-refractivity contribution in [3.8, 4) is 0 Å². The Kier molecular flexibility index (Phi) is 3.79. The van der Waals surface area contributed by atoms with Gasteiger partial charge in [-0.3, -0.25) is 0 Å². The Balaban J connectivity index is 2.23. The molecule has 0 saturated carbocycles. The van der Waals surface area contributed by atoms with Crippen LogP contribution in [0.2, 0.25) is 0 Å². The smallest absolute Gasteiger partial charge is 0.238 e. The van der Waals surface area contributed by atoms with Crippen LogP contribution in [0.25, 0.3) is 0 Å². The Morgan fingerprint density at radius 3 is 2.63 bits per heavy atom. The first-order chi connectivity index (χ1) is 8.88. The molecule has 0 saturated heterocycles. The van der Waals surface area contributed by atoms with E-state index in [0.717, 1.165) is 0 Å². The first-order valence-corrected chi connectivity index (χ1v) is 7.99. The summed E-state index contributed by atoms with van der Waals surface area (Å²) in [7, 11) is -3.72. The van der Waals surface area contributed by atoms with Crippen LogP contribution in [0.3, 0.4) is 0 Å². The molecular formula is C12H15N3O2S2. The van der Waals surface area contributed by atoms with Gasteiger partial charge in [0.2, 0.25) is 10.0 Å². The van der Waals surface area contributed by atoms with Crippen molar-refractivity contribution in [2.24, 2.45) is 5.14 Å². The molecule has 5 N–H and O–H groups in total. The lowest BCUT2D eigenvalue weighted by Gasteiger charge is -2.10. The Hall–Kier alpha value is -1.57. The number of benzene rings is 1. The molecule has 7 heteroatoms. The molecule has 5 nitrogen and oxygen atoms in total. The summed E-state index contributed by atoms with van der Waals surface area (Å²) in [6.45, 7) is 2.62. The van der Waals surface area contributed by atoms with Gasteiger partial charge in [-0.05, 0) is 42.1 Å². The highest BCUT2D eigenvalue weighted by Gasteiger charge is 2.10. The summed E-state index contributed by atoms with van der Waals surface area (Å²) >= 11 is 1.64. The number of thiophene rings is 1. The predicted molar refractivity (Wildman–Crippen MR) is 78.6 cm³/mol. The number of sulfonamides is 1. The second kappa shape index (κ2) is 5.20. The van der Waals surface area contributed by atoms with Crippen LogP contribution in [0.5, 0.6) is 0 Å². The van der Waals surface area contributed by atoms with E-state index >= 15 is 0 Å². The number of nitrogen functional groups attached to an aromatic ring is 1. The van der Waals surface area contributed by atoms with Crippen molar-refractivity contribution in [1.82, 2.24) is 0 Å². The Morgan fingerprint density at radius 1 is 1.32 bits per heavy atom. The molecule has 19 heavy (non-hydrogen) atoms. The molecule has 0 aliphatic carbocycles. The second-order valence-corrected chi connectivity index (χ2v) is 6.74. The van der Waals surface area contributed by atoms with Crippen LogP contribution in [0.1, 0.15) is 10.4 Å². The fourth-order valence-corrected chi connectivity index (χ4v) is 3.01. The van der Waals surface area contributed by atoms with Crippen molar-refractivity contribution < 1.29 is 8.42 Å². The lowest BCUT2D eigenvalue weighted by Crippen LogP contribution is -2.13. The quantitative estimate of drug-likeness (QED) is 0.751. The normalized spacial score (nSPS) is 11.5. The first-order valence-electron chi connectivity index (χ1n) is 5.57. The highest BCUT2D eigenvalue weighted by molar-refractivity contribution is 7.89. The highest BCUT2D eigenvalue weighted by atomic mass is 32.2. The predicted octanol–water partition coefficient (Wildman–Crippen LogP) is 1.90. The summed E-state index contributed by atoms with van der Waals surface area (Å²) in [6.07, 6.45) is 0.